The highest BCUT2D eigenvalue weighted by Crippen LogP contribution is 2.23. The summed E-state index contributed by atoms with van der Waals surface area (Å²) in [6.07, 6.45) is 1.51. The second-order valence-electron chi connectivity index (χ2n) is 5.89. The fourth-order valence-electron chi connectivity index (χ4n) is 2.24. The molecule has 1 aliphatic rings. The number of hydrogen-bond acceptors (Lipinski definition) is 6. The van der Waals surface area contributed by atoms with E-state index in [0.29, 0.717) is 36.3 Å². The first-order chi connectivity index (χ1) is 9.85. The van der Waals surface area contributed by atoms with Gasteiger partial charge in [-0.05, 0) is 30.9 Å². The summed E-state index contributed by atoms with van der Waals surface area (Å²) in [5, 5.41) is 3.17. The van der Waals surface area contributed by atoms with Crippen LogP contribution in [0.4, 0.5) is 11.5 Å². The molecular weight excluding hydrogens is 290 g/mol. The van der Waals surface area contributed by atoms with Crippen molar-refractivity contribution in [2.45, 2.75) is 32.7 Å². The summed E-state index contributed by atoms with van der Waals surface area (Å²) in [6.45, 7) is 4.63. The first kappa shape index (κ1) is 15.9. The van der Waals surface area contributed by atoms with Crippen LogP contribution >= 0.6 is 0 Å². The van der Waals surface area contributed by atoms with E-state index in [0.717, 1.165) is 6.42 Å². The molecule has 118 valence electrons. The Morgan fingerprint density at radius 1 is 1.48 bits per heavy atom. The molecule has 1 fully saturated rings. The molecule has 0 spiro atoms. The van der Waals surface area contributed by atoms with Crippen molar-refractivity contribution in [3.05, 3.63) is 12.1 Å². The lowest BCUT2D eigenvalue weighted by Gasteiger charge is -2.23. The highest BCUT2D eigenvalue weighted by Gasteiger charge is 2.24. The normalized spacial score (nSPS) is 21.2. The van der Waals surface area contributed by atoms with Gasteiger partial charge >= 0.3 is 0 Å². The molecule has 7 heteroatoms. The Balaban J connectivity index is 2.05. The lowest BCUT2D eigenvalue weighted by atomic mass is 10.2. The largest absolute Gasteiger partial charge is 0.476 e. The molecule has 0 aromatic carbocycles. The van der Waals surface area contributed by atoms with E-state index in [1.165, 1.54) is 0 Å². The summed E-state index contributed by atoms with van der Waals surface area (Å²) in [5.74, 6) is 1.81. The van der Waals surface area contributed by atoms with E-state index in [-0.39, 0.29) is 17.5 Å². The van der Waals surface area contributed by atoms with Crippen molar-refractivity contribution >= 4 is 21.3 Å². The second kappa shape index (κ2) is 6.51. The minimum Gasteiger partial charge on any atom is -0.476 e. The molecule has 21 heavy (non-hydrogen) atoms. The number of aromatic nitrogens is 1. The average Bonchev–Trinajstić information content (AvgIpc) is 2.38. The first-order valence-electron chi connectivity index (χ1n) is 7.22. The van der Waals surface area contributed by atoms with Gasteiger partial charge in [-0.15, -0.1) is 0 Å². The molecule has 1 aliphatic heterocycles. The lowest BCUT2D eigenvalue weighted by molar-refractivity contribution is 0.263. The molecule has 2 heterocycles. The number of pyridine rings is 1. The van der Waals surface area contributed by atoms with Gasteiger partial charge < -0.3 is 15.8 Å². The SMILES string of the molecule is CC(C)COc1nc(NC2CCCS(=O)(=O)C2)ccc1N. The Morgan fingerprint density at radius 3 is 2.90 bits per heavy atom. The number of nitrogens with one attached hydrogen (secondary N) is 1. The summed E-state index contributed by atoms with van der Waals surface area (Å²) in [4.78, 5) is 4.33. The Kier molecular flexibility index (Phi) is 4.92. The topological polar surface area (TPSA) is 94.3 Å². The third kappa shape index (κ3) is 4.77. The van der Waals surface area contributed by atoms with Crippen LogP contribution in [-0.2, 0) is 9.84 Å². The minimum absolute atomic E-state index is 0.0992. The number of nitrogen functional groups attached to an aromatic ring is 1. The van der Waals surface area contributed by atoms with E-state index in [1.54, 1.807) is 12.1 Å². The number of nitrogens with two attached hydrogens (primary N) is 1. The predicted octanol–water partition coefficient (Wildman–Crippen LogP) is 1.69. The number of ether oxygens (including phenoxy) is 1. The van der Waals surface area contributed by atoms with Crippen LogP contribution in [0.2, 0.25) is 0 Å². The van der Waals surface area contributed by atoms with E-state index >= 15 is 0 Å². The molecule has 1 saturated heterocycles. The van der Waals surface area contributed by atoms with Gasteiger partial charge in [-0.3, -0.25) is 0 Å². The van der Waals surface area contributed by atoms with Crippen LogP contribution < -0.4 is 15.8 Å². The number of anilines is 2. The summed E-state index contributed by atoms with van der Waals surface area (Å²) in [5.41, 5.74) is 6.32. The maximum atomic E-state index is 11.6. The van der Waals surface area contributed by atoms with Gasteiger partial charge in [-0.25, -0.2) is 8.42 Å². The molecule has 1 aromatic heterocycles. The molecule has 2 rings (SSSR count). The van der Waals surface area contributed by atoms with Crippen molar-refractivity contribution in [3.8, 4) is 5.88 Å². The van der Waals surface area contributed by atoms with Crippen LogP contribution in [0.5, 0.6) is 5.88 Å². The van der Waals surface area contributed by atoms with Crippen LogP contribution in [0.3, 0.4) is 0 Å². The zero-order valence-corrected chi connectivity index (χ0v) is 13.3. The van der Waals surface area contributed by atoms with Crippen molar-refractivity contribution in [3.63, 3.8) is 0 Å². The fraction of sp³-hybridized carbons (Fsp3) is 0.643. The van der Waals surface area contributed by atoms with Crippen molar-refractivity contribution < 1.29 is 13.2 Å². The quantitative estimate of drug-likeness (QED) is 0.859. The number of hydrogen-bond donors (Lipinski definition) is 2. The summed E-state index contributed by atoms with van der Waals surface area (Å²) < 4.78 is 28.9. The number of sulfone groups is 1. The zero-order valence-electron chi connectivity index (χ0n) is 12.5. The van der Waals surface area contributed by atoms with Crippen molar-refractivity contribution in [2.75, 3.05) is 29.2 Å². The van der Waals surface area contributed by atoms with E-state index in [1.807, 2.05) is 13.8 Å². The number of nitrogens with zero attached hydrogens (tertiary/aromatic N) is 1. The molecule has 1 unspecified atom stereocenters. The van der Waals surface area contributed by atoms with Gasteiger partial charge in [0, 0.05) is 6.04 Å². The fourth-order valence-corrected chi connectivity index (χ4v) is 3.87. The molecule has 0 radical (unpaired) electrons. The van der Waals surface area contributed by atoms with Crippen molar-refractivity contribution in [1.29, 1.82) is 0 Å². The molecule has 0 aliphatic carbocycles. The van der Waals surface area contributed by atoms with Gasteiger partial charge in [0.05, 0.1) is 23.8 Å². The van der Waals surface area contributed by atoms with E-state index in [2.05, 4.69) is 10.3 Å². The van der Waals surface area contributed by atoms with Crippen LogP contribution in [-0.4, -0.2) is 37.6 Å². The van der Waals surface area contributed by atoms with Gasteiger partial charge in [-0.2, -0.15) is 4.98 Å². The molecule has 0 saturated carbocycles. The van der Waals surface area contributed by atoms with Crippen LogP contribution in [0.25, 0.3) is 0 Å². The monoisotopic (exact) mass is 313 g/mol. The van der Waals surface area contributed by atoms with Crippen LogP contribution in [0.15, 0.2) is 12.1 Å². The van der Waals surface area contributed by atoms with E-state index in [9.17, 15) is 8.42 Å². The third-order valence-electron chi connectivity index (χ3n) is 3.26. The minimum atomic E-state index is -2.94. The maximum absolute atomic E-state index is 11.6. The summed E-state index contributed by atoms with van der Waals surface area (Å²) in [7, 11) is -2.94. The van der Waals surface area contributed by atoms with Crippen molar-refractivity contribution in [2.24, 2.45) is 5.92 Å². The lowest BCUT2D eigenvalue weighted by Crippen LogP contribution is -2.35. The highest BCUT2D eigenvalue weighted by molar-refractivity contribution is 7.91. The third-order valence-corrected chi connectivity index (χ3v) is 5.08. The summed E-state index contributed by atoms with van der Waals surface area (Å²) in [6, 6.07) is 3.37. The Hall–Kier alpha value is -1.50. The molecular formula is C14H23N3O3S. The van der Waals surface area contributed by atoms with Gasteiger partial charge in [0.2, 0.25) is 5.88 Å². The van der Waals surface area contributed by atoms with Crippen molar-refractivity contribution in [1.82, 2.24) is 4.98 Å². The predicted molar refractivity (Wildman–Crippen MR) is 84.3 cm³/mol. The molecule has 0 amide bonds. The number of rotatable bonds is 5. The Morgan fingerprint density at radius 2 is 2.24 bits per heavy atom. The van der Waals surface area contributed by atoms with Gasteiger partial charge in [0.25, 0.3) is 0 Å². The Bertz CT molecular complexity index is 587. The molecule has 1 aromatic rings. The van der Waals surface area contributed by atoms with Gasteiger partial charge in [0.15, 0.2) is 9.84 Å². The molecule has 3 N–H and O–H groups in total. The average molecular weight is 313 g/mol. The van der Waals surface area contributed by atoms with Gasteiger partial charge in [0.1, 0.15) is 5.82 Å². The van der Waals surface area contributed by atoms with Crippen LogP contribution in [0.1, 0.15) is 26.7 Å². The first-order valence-corrected chi connectivity index (χ1v) is 9.04. The summed E-state index contributed by atoms with van der Waals surface area (Å²) >= 11 is 0. The standard InChI is InChI=1S/C14H23N3O3S/c1-10(2)8-20-14-12(15)5-6-13(17-14)16-11-4-3-7-21(18,19)9-11/h5-6,10-11H,3-4,7-9,15H2,1-2H3,(H,16,17). The smallest absolute Gasteiger partial charge is 0.239 e. The second-order valence-corrected chi connectivity index (χ2v) is 8.12. The molecule has 0 bridgehead atoms. The highest BCUT2D eigenvalue weighted by atomic mass is 32.2. The van der Waals surface area contributed by atoms with E-state index in [4.69, 9.17) is 10.5 Å². The maximum Gasteiger partial charge on any atom is 0.239 e. The zero-order chi connectivity index (χ0) is 15.5. The van der Waals surface area contributed by atoms with E-state index < -0.39 is 9.84 Å². The molecule has 6 nitrogen and oxygen atoms in total. The Labute approximate surface area is 126 Å². The molecule has 1 atom stereocenters. The van der Waals surface area contributed by atoms with Crippen LogP contribution in [0, 0.1) is 5.92 Å². The van der Waals surface area contributed by atoms with Gasteiger partial charge in [-0.1, -0.05) is 13.8 Å².